The van der Waals surface area contributed by atoms with E-state index in [0.29, 0.717) is 36.6 Å². The van der Waals surface area contributed by atoms with Crippen LogP contribution in [0.15, 0.2) is 12.1 Å². The number of cyclic esters (lactones) is 2. The molecule has 9 heteroatoms. The van der Waals surface area contributed by atoms with Crippen LogP contribution in [-0.2, 0) is 27.1 Å². The maximum Gasteiger partial charge on any atom is 0.342 e. The number of nitrogen functional groups attached to an aromatic ring is 1. The van der Waals surface area contributed by atoms with Gasteiger partial charge in [0, 0.05) is 31.2 Å². The molecule has 2 aromatic rings. The van der Waals surface area contributed by atoms with E-state index in [1.807, 2.05) is 26.0 Å². The van der Waals surface area contributed by atoms with Gasteiger partial charge >= 0.3 is 11.9 Å². The molecule has 2 aliphatic heterocycles. The first-order chi connectivity index (χ1) is 13.8. The number of hydrogen-bond donors (Lipinski definition) is 2. The van der Waals surface area contributed by atoms with Gasteiger partial charge in [-0.2, -0.15) is 0 Å². The lowest BCUT2D eigenvalue weighted by molar-refractivity contribution is -0.114. The summed E-state index contributed by atoms with van der Waals surface area (Å²) in [4.78, 5) is 42.0. The molecule has 0 radical (unpaired) electrons. The van der Waals surface area contributed by atoms with Crippen LogP contribution in [0.25, 0.3) is 0 Å². The highest BCUT2D eigenvalue weighted by Crippen LogP contribution is 2.24. The molecule has 0 unspecified atom stereocenters. The Labute approximate surface area is 167 Å². The normalized spacial score (nSPS) is 14.4. The minimum Gasteiger partial charge on any atom is -0.462 e. The molecule has 2 aromatic heterocycles. The Balaban J connectivity index is 0.000000169. The molecule has 1 amide bonds. The highest BCUT2D eigenvalue weighted by molar-refractivity contribution is 6.01. The second-order valence-electron chi connectivity index (χ2n) is 6.78. The highest BCUT2D eigenvalue weighted by atomic mass is 16.5. The topological polar surface area (TPSA) is 134 Å². The lowest BCUT2D eigenvalue weighted by Crippen LogP contribution is -2.22. The van der Waals surface area contributed by atoms with E-state index in [0.717, 1.165) is 28.9 Å². The van der Waals surface area contributed by atoms with Crippen LogP contribution in [0.5, 0.6) is 0 Å². The number of aryl methyl sites for hydroxylation is 2. The van der Waals surface area contributed by atoms with Crippen LogP contribution < -0.4 is 11.1 Å². The Morgan fingerprint density at radius 2 is 1.48 bits per heavy atom. The van der Waals surface area contributed by atoms with E-state index in [9.17, 15) is 14.4 Å². The van der Waals surface area contributed by atoms with Crippen LogP contribution in [0.2, 0.25) is 0 Å². The summed E-state index contributed by atoms with van der Waals surface area (Å²) >= 11 is 0. The van der Waals surface area contributed by atoms with Gasteiger partial charge in [0.2, 0.25) is 5.91 Å². The van der Waals surface area contributed by atoms with Gasteiger partial charge in [-0.3, -0.25) is 4.79 Å². The minimum atomic E-state index is -0.419. The summed E-state index contributed by atoms with van der Waals surface area (Å²) in [5.41, 5.74) is 9.89. The number of anilines is 2. The Hall–Kier alpha value is -3.49. The van der Waals surface area contributed by atoms with E-state index in [4.69, 9.17) is 15.2 Å². The van der Waals surface area contributed by atoms with E-state index < -0.39 is 5.97 Å². The zero-order valence-corrected chi connectivity index (χ0v) is 16.5. The second-order valence-corrected chi connectivity index (χ2v) is 6.78. The number of hydrogen-bond acceptors (Lipinski definition) is 8. The number of nitrogens with one attached hydrogen (secondary N) is 1. The molecule has 0 saturated heterocycles. The Morgan fingerprint density at radius 1 is 0.966 bits per heavy atom. The van der Waals surface area contributed by atoms with Gasteiger partial charge in [-0.1, -0.05) is 0 Å². The summed E-state index contributed by atoms with van der Waals surface area (Å²) in [6.07, 6.45) is 1.39. The number of amides is 1. The van der Waals surface area contributed by atoms with E-state index >= 15 is 0 Å². The monoisotopic (exact) mass is 398 g/mol. The number of rotatable bonds is 1. The highest BCUT2D eigenvalue weighted by Gasteiger charge is 2.24. The van der Waals surface area contributed by atoms with Gasteiger partial charge in [0.1, 0.15) is 22.8 Å². The molecular weight excluding hydrogens is 376 g/mol. The molecule has 0 aromatic carbocycles. The van der Waals surface area contributed by atoms with Crippen LogP contribution in [0.1, 0.15) is 50.2 Å². The maximum atomic E-state index is 11.6. The van der Waals surface area contributed by atoms with Gasteiger partial charge in [0.05, 0.1) is 13.2 Å². The van der Waals surface area contributed by atoms with Crippen molar-refractivity contribution < 1.29 is 23.9 Å². The van der Waals surface area contributed by atoms with Gasteiger partial charge in [0.15, 0.2) is 0 Å². The zero-order chi connectivity index (χ0) is 21.1. The lowest BCUT2D eigenvalue weighted by Gasteiger charge is -2.18. The first-order valence-corrected chi connectivity index (χ1v) is 9.14. The number of pyridine rings is 2. The predicted octanol–water partition coefficient (Wildman–Crippen LogP) is 1.75. The van der Waals surface area contributed by atoms with Crippen LogP contribution in [0.4, 0.5) is 11.6 Å². The third-order valence-electron chi connectivity index (χ3n) is 4.40. The van der Waals surface area contributed by atoms with E-state index in [-0.39, 0.29) is 17.7 Å². The summed E-state index contributed by atoms with van der Waals surface area (Å²) in [6, 6.07) is 3.73. The van der Waals surface area contributed by atoms with Gasteiger partial charge in [-0.15, -0.1) is 0 Å². The predicted molar refractivity (Wildman–Crippen MR) is 105 cm³/mol. The maximum absolute atomic E-state index is 11.6. The molecule has 0 bridgehead atoms. The number of nitrogens with zero attached hydrogens (tertiary/aromatic N) is 2. The molecule has 3 N–H and O–H groups in total. The Kier molecular flexibility index (Phi) is 5.76. The quantitative estimate of drug-likeness (QED) is 0.694. The van der Waals surface area contributed by atoms with Gasteiger partial charge in [0.25, 0.3) is 0 Å². The third kappa shape index (κ3) is 4.50. The van der Waals surface area contributed by atoms with Crippen molar-refractivity contribution in [3.05, 3.63) is 45.8 Å². The molecule has 152 valence electrons. The summed E-state index contributed by atoms with van der Waals surface area (Å²) < 4.78 is 9.80. The number of fused-ring (bicyclic) bond motifs is 2. The molecule has 4 heterocycles. The van der Waals surface area contributed by atoms with Crippen LogP contribution >= 0.6 is 0 Å². The van der Waals surface area contributed by atoms with Crippen molar-refractivity contribution in [2.45, 2.75) is 33.6 Å². The third-order valence-corrected chi connectivity index (χ3v) is 4.40. The van der Waals surface area contributed by atoms with E-state index in [1.165, 1.54) is 6.92 Å². The largest absolute Gasteiger partial charge is 0.462 e. The number of aromatic nitrogens is 2. The second kappa shape index (κ2) is 8.26. The smallest absolute Gasteiger partial charge is 0.342 e. The van der Waals surface area contributed by atoms with Crippen molar-refractivity contribution in [3.8, 4) is 0 Å². The SMILES string of the molecule is CC(=O)Nc1nc(C)cc2c1C(=O)OCC2.Cc1cc2c(c(N)n1)C(=O)OCC2. The van der Waals surface area contributed by atoms with Crippen LogP contribution in [0, 0.1) is 13.8 Å². The summed E-state index contributed by atoms with van der Waals surface area (Å²) in [5.74, 6) is -0.450. The summed E-state index contributed by atoms with van der Waals surface area (Å²) in [7, 11) is 0. The number of carbonyl (C=O) groups is 3. The zero-order valence-electron chi connectivity index (χ0n) is 16.5. The Bertz CT molecular complexity index is 1000. The van der Waals surface area contributed by atoms with Crippen LogP contribution in [-0.4, -0.2) is 41.0 Å². The molecule has 4 rings (SSSR count). The first-order valence-electron chi connectivity index (χ1n) is 9.14. The number of esters is 2. The van der Waals surface area contributed by atoms with E-state index in [2.05, 4.69) is 15.3 Å². The van der Waals surface area contributed by atoms with Gasteiger partial charge < -0.3 is 20.5 Å². The van der Waals surface area contributed by atoms with Crippen molar-refractivity contribution in [2.75, 3.05) is 24.3 Å². The molecule has 2 aliphatic rings. The molecule has 0 saturated carbocycles. The fraction of sp³-hybridized carbons (Fsp3) is 0.350. The average Bonchev–Trinajstić information content (AvgIpc) is 2.60. The lowest BCUT2D eigenvalue weighted by atomic mass is 10.0. The average molecular weight is 398 g/mol. The molecular formula is C20H22N4O5. The molecule has 0 aliphatic carbocycles. The van der Waals surface area contributed by atoms with Crippen molar-refractivity contribution in [3.63, 3.8) is 0 Å². The van der Waals surface area contributed by atoms with Crippen molar-refractivity contribution >= 4 is 29.5 Å². The summed E-state index contributed by atoms with van der Waals surface area (Å²) in [6.45, 7) is 5.89. The summed E-state index contributed by atoms with van der Waals surface area (Å²) in [5, 5.41) is 2.55. The fourth-order valence-electron chi connectivity index (χ4n) is 3.27. The van der Waals surface area contributed by atoms with Gasteiger partial charge in [-0.25, -0.2) is 19.6 Å². The number of ether oxygens (including phenoxy) is 2. The van der Waals surface area contributed by atoms with Gasteiger partial charge in [-0.05, 0) is 37.1 Å². The molecule has 9 nitrogen and oxygen atoms in total. The van der Waals surface area contributed by atoms with Crippen molar-refractivity contribution in [1.82, 2.24) is 9.97 Å². The number of carbonyl (C=O) groups excluding carboxylic acids is 3. The first kappa shape index (κ1) is 20.2. The molecule has 29 heavy (non-hydrogen) atoms. The minimum absolute atomic E-state index is 0.251. The Morgan fingerprint density at radius 3 is 2.07 bits per heavy atom. The standard InChI is InChI=1S/C11H12N2O3.C9H10N2O2/c1-6-5-8-3-4-16-11(15)9(8)10(12-6)13-7(2)14;1-5-4-6-2-3-13-9(12)7(6)8(10)11-5/h5H,3-4H2,1-2H3,(H,12,13,14);4H,2-3H2,1H3,(H2,10,11). The van der Waals surface area contributed by atoms with Crippen LogP contribution in [0.3, 0.4) is 0 Å². The van der Waals surface area contributed by atoms with Crippen molar-refractivity contribution in [2.24, 2.45) is 0 Å². The van der Waals surface area contributed by atoms with E-state index in [1.54, 1.807) is 0 Å². The molecule has 0 spiro atoms. The molecule has 0 fully saturated rings. The number of nitrogens with two attached hydrogens (primary N) is 1. The fourth-order valence-corrected chi connectivity index (χ4v) is 3.27. The molecule has 0 atom stereocenters. The van der Waals surface area contributed by atoms with Crippen molar-refractivity contribution in [1.29, 1.82) is 0 Å².